The number of likely N-dealkylation sites (tertiary alicyclic amines) is 1. The van der Waals surface area contributed by atoms with E-state index in [1.165, 1.54) is 7.11 Å². The van der Waals surface area contributed by atoms with Crippen LogP contribution in [0.5, 0.6) is 0 Å². The number of hydrogen-bond donors (Lipinski definition) is 1. The predicted octanol–water partition coefficient (Wildman–Crippen LogP) is 2.61. The number of anilines is 2. The number of nitrogens with zero attached hydrogens (tertiary/aromatic N) is 7. The fourth-order valence-electron chi connectivity index (χ4n) is 5.69. The molecule has 43 heavy (non-hydrogen) atoms. The number of morpholine rings is 2. The molecule has 2 amide bonds. The second-order valence-corrected chi connectivity index (χ2v) is 10.8. The smallest absolute Gasteiger partial charge is 0.411 e. The zero-order chi connectivity index (χ0) is 29.6. The number of benzene rings is 1. The zero-order valence-corrected chi connectivity index (χ0v) is 24.4. The molecule has 3 aliphatic rings. The molecule has 1 N–H and O–H groups in total. The summed E-state index contributed by atoms with van der Waals surface area (Å²) in [5.74, 6) is 1.40. The minimum Gasteiger partial charge on any atom is -0.453 e. The summed E-state index contributed by atoms with van der Waals surface area (Å²) < 4.78 is 23.2. The van der Waals surface area contributed by atoms with Crippen LogP contribution < -0.4 is 10.2 Å². The van der Waals surface area contributed by atoms with E-state index in [1.54, 1.807) is 4.90 Å². The Hall–Kier alpha value is -4.01. The van der Waals surface area contributed by atoms with Crippen LogP contribution in [-0.2, 0) is 18.9 Å². The van der Waals surface area contributed by atoms with E-state index in [2.05, 4.69) is 15.1 Å². The van der Waals surface area contributed by atoms with Gasteiger partial charge in [0.15, 0.2) is 11.5 Å². The molecule has 0 saturated carbocycles. The molecule has 0 radical (unpaired) electrons. The molecule has 3 aromatic rings. The van der Waals surface area contributed by atoms with Crippen molar-refractivity contribution < 1.29 is 28.5 Å². The summed E-state index contributed by atoms with van der Waals surface area (Å²) in [4.78, 5) is 40.5. The van der Waals surface area contributed by atoms with Crippen molar-refractivity contribution >= 4 is 34.7 Å². The van der Waals surface area contributed by atoms with Gasteiger partial charge in [-0.25, -0.2) is 24.2 Å². The zero-order valence-electron chi connectivity index (χ0n) is 24.4. The van der Waals surface area contributed by atoms with Gasteiger partial charge in [-0.1, -0.05) is 0 Å². The molecule has 3 fully saturated rings. The Morgan fingerprint density at radius 2 is 1.65 bits per heavy atom. The lowest BCUT2D eigenvalue weighted by Gasteiger charge is -2.31. The van der Waals surface area contributed by atoms with Gasteiger partial charge in [-0.3, -0.25) is 10.2 Å². The molecule has 0 aliphatic carbocycles. The number of carbonyl (C=O) groups excluding carboxylic acids is 2. The van der Waals surface area contributed by atoms with Gasteiger partial charge in [-0.05, 0) is 37.1 Å². The largest absolute Gasteiger partial charge is 0.453 e. The lowest BCUT2D eigenvalue weighted by atomic mass is 10.1. The van der Waals surface area contributed by atoms with Crippen LogP contribution in [0.2, 0.25) is 0 Å². The van der Waals surface area contributed by atoms with Crippen molar-refractivity contribution in [3.05, 3.63) is 30.5 Å². The third kappa shape index (κ3) is 6.81. The van der Waals surface area contributed by atoms with E-state index in [9.17, 15) is 9.59 Å². The van der Waals surface area contributed by atoms with Crippen LogP contribution in [0, 0.1) is 0 Å². The number of fused-ring (bicyclic) bond motifs is 1. The molecule has 14 nitrogen and oxygen atoms in total. The van der Waals surface area contributed by atoms with E-state index >= 15 is 0 Å². The van der Waals surface area contributed by atoms with Crippen LogP contribution in [0.4, 0.5) is 21.1 Å². The average Bonchev–Trinajstić information content (AvgIpc) is 3.49. The standard InChI is InChI=1S/C29H38N8O6/c1-40-29(39)36-8-6-23(7-9-36)37-27-24(20-30-37)26(35-13-17-42-18-14-35)32-25(33-27)21-2-4-22(5-3-21)31-28(38)43-19-12-34-10-15-41-16-11-34/h2-5,20,23H,6-19H2,1H3,(H,31,38). The fraction of sp³-hybridized carbons (Fsp3) is 0.552. The minimum atomic E-state index is -0.490. The van der Waals surface area contributed by atoms with Crippen LogP contribution in [0.3, 0.4) is 0 Å². The highest BCUT2D eigenvalue weighted by molar-refractivity contribution is 5.89. The van der Waals surface area contributed by atoms with E-state index in [1.807, 2.05) is 35.1 Å². The molecule has 3 aliphatic heterocycles. The molecule has 6 rings (SSSR count). The number of nitrogens with one attached hydrogen (secondary N) is 1. The summed E-state index contributed by atoms with van der Waals surface area (Å²) in [6, 6.07) is 7.52. The molecule has 0 atom stereocenters. The Bertz CT molecular complexity index is 1400. The van der Waals surface area contributed by atoms with Gasteiger partial charge in [-0.2, -0.15) is 5.10 Å². The maximum absolute atomic E-state index is 12.4. The van der Waals surface area contributed by atoms with Crippen LogP contribution >= 0.6 is 0 Å². The van der Waals surface area contributed by atoms with Crippen molar-refractivity contribution in [2.45, 2.75) is 18.9 Å². The average molecular weight is 595 g/mol. The van der Waals surface area contributed by atoms with Crippen LogP contribution in [-0.4, -0.2) is 128 Å². The Morgan fingerprint density at radius 1 is 0.953 bits per heavy atom. The Balaban J connectivity index is 1.19. The highest BCUT2D eigenvalue weighted by Gasteiger charge is 2.28. The molecule has 5 heterocycles. The van der Waals surface area contributed by atoms with Gasteiger partial charge in [0.25, 0.3) is 0 Å². The van der Waals surface area contributed by atoms with E-state index in [0.29, 0.717) is 64.2 Å². The van der Waals surface area contributed by atoms with Crippen molar-refractivity contribution in [3.63, 3.8) is 0 Å². The highest BCUT2D eigenvalue weighted by atomic mass is 16.6. The SMILES string of the molecule is COC(=O)N1CCC(n2ncc3c(N4CCOCC4)nc(-c4ccc(NC(=O)OCCN5CCOCC5)cc4)nc32)CC1. The van der Waals surface area contributed by atoms with Gasteiger partial charge in [0.05, 0.1) is 51.2 Å². The lowest BCUT2D eigenvalue weighted by molar-refractivity contribution is 0.0290. The van der Waals surface area contributed by atoms with Crippen LogP contribution in [0.1, 0.15) is 18.9 Å². The molecule has 3 saturated heterocycles. The number of ether oxygens (including phenoxy) is 4. The van der Waals surface area contributed by atoms with Gasteiger partial charge in [0.2, 0.25) is 0 Å². The summed E-state index contributed by atoms with van der Waals surface area (Å²) in [7, 11) is 1.41. The first-order valence-electron chi connectivity index (χ1n) is 14.8. The van der Waals surface area contributed by atoms with Crippen molar-refractivity contribution in [2.75, 3.05) is 96.2 Å². The summed E-state index contributed by atoms with van der Waals surface area (Å²) in [5.41, 5.74) is 2.20. The molecule has 14 heteroatoms. The van der Waals surface area contributed by atoms with Crippen molar-refractivity contribution in [1.29, 1.82) is 0 Å². The van der Waals surface area contributed by atoms with Gasteiger partial charge < -0.3 is 28.7 Å². The first-order chi connectivity index (χ1) is 21.1. The lowest BCUT2D eigenvalue weighted by Crippen LogP contribution is -2.39. The molecule has 0 unspecified atom stereocenters. The Kier molecular flexibility index (Phi) is 9.15. The van der Waals surface area contributed by atoms with Crippen LogP contribution in [0.15, 0.2) is 30.5 Å². The van der Waals surface area contributed by atoms with Crippen LogP contribution in [0.25, 0.3) is 22.4 Å². The number of rotatable bonds is 7. The molecule has 0 spiro atoms. The first kappa shape index (κ1) is 29.1. The molecule has 1 aromatic carbocycles. The second-order valence-electron chi connectivity index (χ2n) is 10.8. The summed E-state index contributed by atoms with van der Waals surface area (Å²) >= 11 is 0. The van der Waals surface area contributed by atoms with Crippen molar-refractivity contribution in [2.24, 2.45) is 0 Å². The third-order valence-corrected chi connectivity index (χ3v) is 8.12. The van der Waals surface area contributed by atoms with E-state index in [0.717, 1.165) is 61.4 Å². The normalized spacial score (nSPS) is 18.5. The van der Waals surface area contributed by atoms with Gasteiger partial charge in [-0.15, -0.1) is 0 Å². The topological polar surface area (TPSA) is 136 Å². The summed E-state index contributed by atoms with van der Waals surface area (Å²) in [5, 5.41) is 8.44. The highest BCUT2D eigenvalue weighted by Crippen LogP contribution is 2.32. The monoisotopic (exact) mass is 594 g/mol. The first-order valence-corrected chi connectivity index (χ1v) is 14.8. The number of hydrogen-bond acceptors (Lipinski definition) is 11. The number of carbonyl (C=O) groups is 2. The molecule has 2 aromatic heterocycles. The molecule has 0 bridgehead atoms. The van der Waals surface area contributed by atoms with E-state index in [4.69, 9.17) is 34.0 Å². The summed E-state index contributed by atoms with van der Waals surface area (Å²) in [6.07, 6.45) is 2.55. The van der Waals surface area contributed by atoms with E-state index in [-0.39, 0.29) is 12.1 Å². The Labute approximate surface area is 249 Å². The minimum absolute atomic E-state index is 0.0968. The number of piperidine rings is 1. The Morgan fingerprint density at radius 3 is 2.35 bits per heavy atom. The summed E-state index contributed by atoms with van der Waals surface area (Å²) in [6.45, 7) is 8.02. The number of methoxy groups -OCH3 is 1. The van der Waals surface area contributed by atoms with Crippen molar-refractivity contribution in [1.82, 2.24) is 29.5 Å². The second kappa shape index (κ2) is 13.5. The maximum Gasteiger partial charge on any atom is 0.411 e. The van der Waals surface area contributed by atoms with Crippen molar-refractivity contribution in [3.8, 4) is 11.4 Å². The molecule has 230 valence electrons. The maximum atomic E-state index is 12.4. The molecular weight excluding hydrogens is 556 g/mol. The number of aromatic nitrogens is 4. The van der Waals surface area contributed by atoms with Gasteiger partial charge in [0, 0.05) is 57.1 Å². The predicted molar refractivity (Wildman–Crippen MR) is 158 cm³/mol. The third-order valence-electron chi connectivity index (χ3n) is 8.12. The number of amides is 2. The quantitative estimate of drug-likeness (QED) is 0.432. The van der Waals surface area contributed by atoms with Gasteiger partial charge >= 0.3 is 12.2 Å². The fourth-order valence-corrected chi connectivity index (χ4v) is 5.69. The van der Waals surface area contributed by atoms with Gasteiger partial charge in [0.1, 0.15) is 12.4 Å². The molecular formula is C29H38N8O6. The van der Waals surface area contributed by atoms with E-state index < -0.39 is 6.09 Å².